The van der Waals surface area contributed by atoms with Crippen LogP contribution in [0.25, 0.3) is 0 Å². The van der Waals surface area contributed by atoms with E-state index in [-0.39, 0.29) is 0 Å². The number of rotatable bonds is 18. The molecule has 1 aromatic heterocycles. The minimum Gasteiger partial charge on any atom is -0.133 e. The Morgan fingerprint density at radius 1 is 0.692 bits per heavy atom. The summed E-state index contributed by atoms with van der Waals surface area (Å²) in [5.74, 6) is 0.909. The first kappa shape index (κ1) is 24.2. The van der Waals surface area contributed by atoms with Gasteiger partial charge in [0.1, 0.15) is 0 Å². The Kier molecular flexibility index (Phi) is 16.1. The fourth-order valence-electron chi connectivity index (χ4n) is 3.87. The van der Waals surface area contributed by atoms with Gasteiger partial charge in [-0.05, 0) is 40.4 Å². The molecule has 0 aromatic carbocycles. The Hall–Kier alpha value is 0.180. The highest BCUT2D eigenvalue weighted by molar-refractivity contribution is 9.11. The predicted molar refractivity (Wildman–Crippen MR) is 124 cm³/mol. The Morgan fingerprint density at radius 2 is 1.15 bits per heavy atom. The first-order valence-electron chi connectivity index (χ1n) is 11.5. The van der Waals surface area contributed by atoms with E-state index in [1.807, 2.05) is 11.3 Å². The average Bonchev–Trinajstić information content (AvgIpc) is 3.04. The summed E-state index contributed by atoms with van der Waals surface area (Å²) >= 11 is 5.57. The van der Waals surface area contributed by atoms with Gasteiger partial charge in [-0.1, -0.05) is 117 Å². The lowest BCUT2D eigenvalue weighted by Gasteiger charge is -2.16. The molecule has 1 aromatic rings. The van der Waals surface area contributed by atoms with Crippen molar-refractivity contribution in [2.75, 3.05) is 0 Å². The van der Waals surface area contributed by atoms with E-state index in [4.69, 9.17) is 0 Å². The molecule has 0 aliphatic heterocycles. The molecule has 1 rings (SSSR count). The number of hydrogen-bond donors (Lipinski definition) is 0. The minimum absolute atomic E-state index is 0.909. The third kappa shape index (κ3) is 13.4. The highest BCUT2D eigenvalue weighted by Crippen LogP contribution is 2.28. The maximum absolute atomic E-state index is 3.63. The smallest absolute Gasteiger partial charge is 0.0701 e. The number of unbranched alkanes of at least 4 members (excludes halogenated alkanes) is 12. The largest absolute Gasteiger partial charge is 0.133 e. The van der Waals surface area contributed by atoms with Gasteiger partial charge in [0.25, 0.3) is 0 Å². The normalized spacial score (nSPS) is 12.6. The van der Waals surface area contributed by atoms with Crippen molar-refractivity contribution in [1.82, 2.24) is 0 Å². The molecule has 0 amide bonds. The van der Waals surface area contributed by atoms with Gasteiger partial charge in [-0.3, -0.25) is 0 Å². The molecule has 0 fully saturated rings. The standard InChI is InChI=1S/C24H43BrS/c1-3-5-7-9-11-12-14-16-18-22(17-15-13-10-8-6-4-2)21-23-19-20-24(25)26-23/h19-20,22H,3-18,21H2,1-2H3. The minimum atomic E-state index is 0.909. The maximum Gasteiger partial charge on any atom is 0.0701 e. The molecule has 0 aliphatic rings. The summed E-state index contributed by atoms with van der Waals surface area (Å²) in [5, 5.41) is 0. The summed E-state index contributed by atoms with van der Waals surface area (Å²) in [6.07, 6.45) is 24.3. The highest BCUT2D eigenvalue weighted by Gasteiger charge is 2.11. The molecule has 0 bridgehead atoms. The van der Waals surface area contributed by atoms with E-state index < -0.39 is 0 Å². The fourth-order valence-corrected chi connectivity index (χ4v) is 5.47. The van der Waals surface area contributed by atoms with Crippen molar-refractivity contribution in [3.63, 3.8) is 0 Å². The Labute approximate surface area is 176 Å². The van der Waals surface area contributed by atoms with Crippen LogP contribution in [-0.2, 0) is 6.42 Å². The van der Waals surface area contributed by atoms with Gasteiger partial charge < -0.3 is 0 Å². The van der Waals surface area contributed by atoms with Crippen molar-refractivity contribution in [1.29, 1.82) is 0 Å². The van der Waals surface area contributed by atoms with Crippen LogP contribution in [0.5, 0.6) is 0 Å². The third-order valence-corrected chi connectivity index (χ3v) is 7.20. The number of halogens is 1. The average molecular weight is 444 g/mol. The van der Waals surface area contributed by atoms with Crippen LogP contribution in [0.1, 0.15) is 121 Å². The highest BCUT2D eigenvalue weighted by atomic mass is 79.9. The topological polar surface area (TPSA) is 0 Å². The monoisotopic (exact) mass is 442 g/mol. The second kappa shape index (κ2) is 17.3. The van der Waals surface area contributed by atoms with Crippen molar-refractivity contribution in [3.8, 4) is 0 Å². The van der Waals surface area contributed by atoms with Gasteiger partial charge in [-0.25, -0.2) is 0 Å². The van der Waals surface area contributed by atoms with Crippen LogP contribution >= 0.6 is 27.3 Å². The zero-order valence-corrected chi connectivity index (χ0v) is 19.9. The molecule has 0 aliphatic carbocycles. The molecule has 2 heteroatoms. The van der Waals surface area contributed by atoms with Crippen molar-refractivity contribution >= 4 is 27.3 Å². The fraction of sp³-hybridized carbons (Fsp3) is 0.833. The third-order valence-electron chi connectivity index (χ3n) is 5.55. The zero-order valence-electron chi connectivity index (χ0n) is 17.5. The van der Waals surface area contributed by atoms with Crippen LogP contribution in [0.15, 0.2) is 15.9 Å². The van der Waals surface area contributed by atoms with Crippen LogP contribution in [0, 0.1) is 5.92 Å². The van der Waals surface area contributed by atoms with Crippen molar-refractivity contribution in [2.24, 2.45) is 5.92 Å². The summed E-state index contributed by atoms with van der Waals surface area (Å²) in [4.78, 5) is 1.58. The number of hydrogen-bond acceptors (Lipinski definition) is 1. The maximum atomic E-state index is 3.63. The van der Waals surface area contributed by atoms with Gasteiger partial charge in [0.05, 0.1) is 3.79 Å². The molecule has 1 heterocycles. The van der Waals surface area contributed by atoms with Crippen molar-refractivity contribution in [2.45, 2.75) is 123 Å². The molecule has 0 radical (unpaired) electrons. The van der Waals surface area contributed by atoms with E-state index in [9.17, 15) is 0 Å². The lowest BCUT2D eigenvalue weighted by Crippen LogP contribution is -2.04. The summed E-state index contributed by atoms with van der Waals surface area (Å²) in [6.45, 7) is 4.61. The van der Waals surface area contributed by atoms with E-state index in [0.717, 1.165) is 5.92 Å². The van der Waals surface area contributed by atoms with Crippen molar-refractivity contribution < 1.29 is 0 Å². The molecule has 0 saturated heterocycles. The van der Waals surface area contributed by atoms with Gasteiger partial charge in [-0.2, -0.15) is 0 Å². The molecule has 26 heavy (non-hydrogen) atoms. The van der Waals surface area contributed by atoms with Gasteiger partial charge in [0.15, 0.2) is 0 Å². The molecule has 0 N–H and O–H groups in total. The van der Waals surface area contributed by atoms with Gasteiger partial charge in [0.2, 0.25) is 0 Å². The Morgan fingerprint density at radius 3 is 1.58 bits per heavy atom. The first-order chi connectivity index (χ1) is 12.8. The summed E-state index contributed by atoms with van der Waals surface area (Å²) < 4.78 is 1.29. The molecule has 152 valence electrons. The van der Waals surface area contributed by atoms with Gasteiger partial charge in [-0.15, -0.1) is 11.3 Å². The molecule has 1 atom stereocenters. The van der Waals surface area contributed by atoms with E-state index in [0.29, 0.717) is 0 Å². The molecule has 1 unspecified atom stereocenters. The van der Waals surface area contributed by atoms with Crippen LogP contribution in [0.2, 0.25) is 0 Å². The molecular weight excluding hydrogens is 400 g/mol. The first-order valence-corrected chi connectivity index (χ1v) is 13.1. The van der Waals surface area contributed by atoms with Crippen LogP contribution in [0.4, 0.5) is 0 Å². The Balaban J connectivity index is 2.19. The van der Waals surface area contributed by atoms with E-state index in [2.05, 4.69) is 41.9 Å². The summed E-state index contributed by atoms with van der Waals surface area (Å²) in [5.41, 5.74) is 0. The lowest BCUT2D eigenvalue weighted by atomic mass is 9.91. The SMILES string of the molecule is CCCCCCCCCCC(CCCCCCCC)Cc1ccc(Br)s1. The number of thiophene rings is 1. The molecular formula is C24H43BrS. The molecule has 0 spiro atoms. The van der Waals surface area contributed by atoms with E-state index >= 15 is 0 Å². The van der Waals surface area contributed by atoms with Gasteiger partial charge in [0, 0.05) is 4.88 Å². The van der Waals surface area contributed by atoms with Gasteiger partial charge >= 0.3 is 0 Å². The quantitative estimate of drug-likeness (QED) is 0.198. The van der Waals surface area contributed by atoms with Crippen LogP contribution < -0.4 is 0 Å². The summed E-state index contributed by atoms with van der Waals surface area (Å²) in [7, 11) is 0. The van der Waals surface area contributed by atoms with Crippen LogP contribution in [-0.4, -0.2) is 0 Å². The van der Waals surface area contributed by atoms with Crippen molar-refractivity contribution in [3.05, 3.63) is 20.8 Å². The lowest BCUT2D eigenvalue weighted by molar-refractivity contribution is 0.402. The van der Waals surface area contributed by atoms with E-state index in [1.165, 1.54) is 113 Å². The predicted octanol–water partition coefficient (Wildman–Crippen LogP) is 9.95. The second-order valence-electron chi connectivity index (χ2n) is 8.10. The summed E-state index contributed by atoms with van der Waals surface area (Å²) in [6, 6.07) is 4.55. The molecule has 0 nitrogen and oxygen atoms in total. The van der Waals surface area contributed by atoms with Crippen LogP contribution in [0.3, 0.4) is 0 Å². The zero-order chi connectivity index (χ0) is 18.9. The second-order valence-corrected chi connectivity index (χ2v) is 10.6. The van der Waals surface area contributed by atoms with E-state index in [1.54, 1.807) is 4.88 Å². The molecule has 0 saturated carbocycles. The Bertz CT molecular complexity index is 412.